The van der Waals surface area contributed by atoms with Crippen LogP contribution in [0.3, 0.4) is 0 Å². The topological polar surface area (TPSA) is 40.5 Å². The average molecular weight is 264 g/mol. The van der Waals surface area contributed by atoms with Gasteiger partial charge in [0.1, 0.15) is 6.10 Å². The summed E-state index contributed by atoms with van der Waals surface area (Å²) in [7, 11) is 5.15. The van der Waals surface area contributed by atoms with Crippen molar-refractivity contribution in [1.29, 1.82) is 0 Å². The maximum atomic E-state index is 12.2. The molecule has 9 heteroatoms. The highest BCUT2D eigenvalue weighted by atomic mass is 19.4. The van der Waals surface area contributed by atoms with Crippen molar-refractivity contribution in [2.45, 2.75) is 49.6 Å². The zero-order valence-electron chi connectivity index (χ0n) is 8.81. The molecule has 2 unspecified atom stereocenters. The summed E-state index contributed by atoms with van der Waals surface area (Å²) in [5.74, 6) is -0.685. The molecule has 0 aromatic rings. The third kappa shape index (κ3) is 3.51. The second-order valence-corrected chi connectivity index (χ2v) is 3.83. The van der Waals surface area contributed by atoms with E-state index < -0.39 is 36.3 Å². The van der Waals surface area contributed by atoms with Crippen LogP contribution in [0.25, 0.3) is 0 Å². The predicted octanol–water partition coefficient (Wildman–Crippen LogP) is 1.96. The van der Waals surface area contributed by atoms with E-state index in [9.17, 15) is 26.3 Å². The maximum absolute atomic E-state index is 12.2. The van der Waals surface area contributed by atoms with Crippen molar-refractivity contribution < 1.29 is 36.6 Å². The molecule has 0 saturated heterocycles. The number of aliphatic hydroxyl groups excluding tert-OH is 1. The van der Waals surface area contributed by atoms with Gasteiger partial charge in [0.15, 0.2) is 0 Å². The lowest BCUT2D eigenvalue weighted by Gasteiger charge is -2.36. The molecule has 0 rings (SSSR count). The number of rotatable bonds is 4. The molecule has 0 aliphatic heterocycles. The molecule has 0 aliphatic carbocycles. The van der Waals surface area contributed by atoms with Gasteiger partial charge in [-0.2, -0.15) is 26.3 Å². The van der Waals surface area contributed by atoms with Gasteiger partial charge in [-0.25, -0.2) is 0 Å². The Morgan fingerprint density at radius 2 is 1.35 bits per heavy atom. The number of aliphatic hydroxyl groups is 2. The molecule has 0 heterocycles. The highest BCUT2D eigenvalue weighted by Gasteiger charge is 2.73. The largest absolute Gasteiger partial charge is 0.428 e. The molecule has 17 heavy (non-hydrogen) atoms. The fraction of sp³-hybridized carbons (Fsp3) is 1.00. The zero-order chi connectivity index (χ0) is 14.1. The van der Waals surface area contributed by atoms with Gasteiger partial charge in [-0.1, -0.05) is 19.2 Å². The third-order valence-corrected chi connectivity index (χ3v) is 2.24. The highest BCUT2D eigenvalue weighted by molar-refractivity contribution is 6.11. The Balaban J connectivity index is 5.08. The van der Waals surface area contributed by atoms with E-state index in [4.69, 9.17) is 18.1 Å². The Bertz CT molecular complexity index is 235. The molecule has 0 bridgehead atoms. The molecule has 0 saturated carbocycles. The molecule has 0 amide bonds. The lowest BCUT2D eigenvalue weighted by atomic mass is 9.82. The Labute approximate surface area is 95.0 Å². The monoisotopic (exact) mass is 264 g/mol. The first kappa shape index (κ1) is 16.6. The van der Waals surface area contributed by atoms with E-state index >= 15 is 0 Å². The van der Waals surface area contributed by atoms with Gasteiger partial charge >= 0.3 is 12.4 Å². The summed E-state index contributed by atoms with van der Waals surface area (Å²) < 4.78 is 73.3. The van der Waals surface area contributed by atoms with Crippen LogP contribution in [0.5, 0.6) is 0 Å². The van der Waals surface area contributed by atoms with E-state index in [0.717, 1.165) is 0 Å². The van der Waals surface area contributed by atoms with Crippen LogP contribution in [0, 0.1) is 0 Å². The molecule has 100 valence electrons. The molecule has 2 nitrogen and oxygen atoms in total. The second kappa shape index (κ2) is 5.05. The van der Waals surface area contributed by atoms with Crippen LogP contribution in [0.4, 0.5) is 26.3 Å². The molecule has 2 radical (unpaired) electrons. The average Bonchev–Trinajstić information content (AvgIpc) is 2.08. The lowest BCUT2D eigenvalue weighted by molar-refractivity contribution is -0.391. The summed E-state index contributed by atoms with van der Waals surface area (Å²) in [6, 6.07) is 0. The van der Waals surface area contributed by atoms with Crippen molar-refractivity contribution in [3.05, 3.63) is 0 Å². The number of hydrogen-bond acceptors (Lipinski definition) is 2. The van der Waals surface area contributed by atoms with Crippen LogP contribution in [0.2, 0.25) is 5.82 Å². The molecule has 0 aromatic carbocycles. The summed E-state index contributed by atoms with van der Waals surface area (Å²) in [4.78, 5) is 0. The van der Waals surface area contributed by atoms with E-state index in [1.165, 1.54) is 6.92 Å². The summed E-state index contributed by atoms with van der Waals surface area (Å²) in [6.07, 6.45) is -16.2. The molecular weight excluding hydrogens is 253 g/mol. The fourth-order valence-electron chi connectivity index (χ4n) is 1.17. The minimum absolute atomic E-state index is 0.282. The van der Waals surface area contributed by atoms with Crippen LogP contribution >= 0.6 is 0 Å². The van der Waals surface area contributed by atoms with Gasteiger partial charge in [-0.3, -0.25) is 0 Å². The Hall–Kier alpha value is -0.435. The molecule has 2 atom stereocenters. The van der Waals surface area contributed by atoms with Crippen molar-refractivity contribution in [2.24, 2.45) is 0 Å². The molecule has 0 aliphatic rings. The van der Waals surface area contributed by atoms with Crippen molar-refractivity contribution in [3.63, 3.8) is 0 Å². The number of hydrogen-bond donors (Lipinski definition) is 2. The molecule has 0 fully saturated rings. The standard InChI is InChI=1S/C8H11BF6O2/c1-4(9)2-3-5(16)6(17,7(10,11)12)8(13,14)15/h4-5,16-17H,2-3H2,1H3. The highest BCUT2D eigenvalue weighted by Crippen LogP contribution is 2.46. The van der Waals surface area contributed by atoms with Gasteiger partial charge in [0.25, 0.3) is 5.60 Å². The van der Waals surface area contributed by atoms with E-state index in [1.807, 2.05) is 0 Å². The molecule has 2 N–H and O–H groups in total. The Morgan fingerprint density at radius 3 is 1.59 bits per heavy atom. The first-order valence-corrected chi connectivity index (χ1v) is 4.63. The minimum Gasteiger partial charge on any atom is -0.389 e. The number of alkyl halides is 6. The minimum atomic E-state index is -6.01. The lowest BCUT2D eigenvalue weighted by Crippen LogP contribution is -2.64. The van der Waals surface area contributed by atoms with Crippen LogP contribution in [0.15, 0.2) is 0 Å². The molecule has 0 spiro atoms. The Morgan fingerprint density at radius 1 is 1.00 bits per heavy atom. The van der Waals surface area contributed by atoms with Gasteiger partial charge < -0.3 is 10.2 Å². The summed E-state index contributed by atoms with van der Waals surface area (Å²) >= 11 is 0. The van der Waals surface area contributed by atoms with Gasteiger partial charge in [0.2, 0.25) is 0 Å². The maximum Gasteiger partial charge on any atom is 0.428 e. The van der Waals surface area contributed by atoms with Crippen molar-refractivity contribution >= 4 is 7.85 Å². The van der Waals surface area contributed by atoms with Crippen molar-refractivity contribution in [3.8, 4) is 0 Å². The zero-order valence-corrected chi connectivity index (χ0v) is 8.81. The van der Waals surface area contributed by atoms with Crippen LogP contribution in [-0.2, 0) is 0 Å². The predicted molar refractivity (Wildman–Crippen MR) is 47.5 cm³/mol. The molecule has 0 aromatic heterocycles. The Kier molecular flexibility index (Phi) is 4.92. The van der Waals surface area contributed by atoms with E-state index in [2.05, 4.69) is 0 Å². The quantitative estimate of drug-likeness (QED) is 0.602. The third-order valence-electron chi connectivity index (χ3n) is 2.24. The first-order chi connectivity index (χ1) is 7.34. The van der Waals surface area contributed by atoms with E-state index in [0.29, 0.717) is 0 Å². The molecular formula is C8H11BF6O2. The van der Waals surface area contributed by atoms with E-state index in [-0.39, 0.29) is 6.42 Å². The fourth-order valence-corrected chi connectivity index (χ4v) is 1.17. The summed E-state index contributed by atoms with van der Waals surface area (Å²) in [5, 5.41) is 17.7. The van der Waals surface area contributed by atoms with Gasteiger partial charge in [0.05, 0.1) is 7.85 Å². The summed E-state index contributed by atoms with van der Waals surface area (Å²) in [5.41, 5.74) is -5.13. The van der Waals surface area contributed by atoms with E-state index in [1.54, 1.807) is 0 Å². The first-order valence-electron chi connectivity index (χ1n) is 4.63. The normalized spacial score (nSPS) is 17.9. The van der Waals surface area contributed by atoms with Crippen LogP contribution < -0.4 is 0 Å². The van der Waals surface area contributed by atoms with Crippen LogP contribution in [-0.4, -0.2) is 42.1 Å². The van der Waals surface area contributed by atoms with Gasteiger partial charge in [-0.15, -0.1) is 0 Å². The van der Waals surface area contributed by atoms with Gasteiger partial charge in [0, 0.05) is 0 Å². The van der Waals surface area contributed by atoms with Crippen molar-refractivity contribution in [1.82, 2.24) is 0 Å². The number of halogens is 6. The summed E-state index contributed by atoms with van der Waals surface area (Å²) in [6.45, 7) is 1.35. The smallest absolute Gasteiger partial charge is 0.389 e. The SMILES string of the molecule is [B]C(C)CCC(O)C(O)(C(F)(F)F)C(F)(F)F. The second-order valence-electron chi connectivity index (χ2n) is 3.83. The van der Waals surface area contributed by atoms with Crippen LogP contribution in [0.1, 0.15) is 19.8 Å². The van der Waals surface area contributed by atoms with Crippen molar-refractivity contribution in [2.75, 3.05) is 0 Å². The van der Waals surface area contributed by atoms with Gasteiger partial charge in [-0.05, 0) is 6.42 Å².